The Morgan fingerprint density at radius 3 is 2.77 bits per heavy atom. The molecule has 1 heterocycles. The van der Waals surface area contributed by atoms with Gasteiger partial charge < -0.3 is 14.8 Å². The fraction of sp³-hybridized carbons (Fsp3) is 0.444. The summed E-state index contributed by atoms with van der Waals surface area (Å²) in [6.07, 6.45) is 0. The minimum atomic E-state index is -0.278. The number of amides is 1. The molecule has 13 heavy (non-hydrogen) atoms. The van der Waals surface area contributed by atoms with E-state index in [1.165, 1.54) is 0 Å². The Bertz CT molecular complexity index is 304. The van der Waals surface area contributed by atoms with Gasteiger partial charge in [-0.25, -0.2) is 0 Å². The van der Waals surface area contributed by atoms with Gasteiger partial charge in [0.05, 0.1) is 6.61 Å². The Morgan fingerprint density at radius 2 is 2.31 bits per heavy atom. The van der Waals surface area contributed by atoms with Crippen LogP contribution in [-0.4, -0.2) is 24.2 Å². The highest BCUT2D eigenvalue weighted by Crippen LogP contribution is 2.12. The van der Waals surface area contributed by atoms with Gasteiger partial charge in [0.2, 0.25) is 0 Å². The molecule has 0 saturated heterocycles. The lowest BCUT2D eigenvalue weighted by Gasteiger charge is -2.00. The van der Waals surface area contributed by atoms with Crippen molar-refractivity contribution in [1.82, 2.24) is 5.32 Å². The summed E-state index contributed by atoms with van der Waals surface area (Å²) in [6.45, 7) is 3.78. The number of aliphatic hydroxyl groups is 1. The van der Waals surface area contributed by atoms with E-state index in [0.29, 0.717) is 11.5 Å². The molecule has 0 spiro atoms. The van der Waals surface area contributed by atoms with Gasteiger partial charge in [0.15, 0.2) is 5.76 Å². The molecule has 0 bridgehead atoms. The molecular formula is C9H13NO3. The Kier molecular flexibility index (Phi) is 3.08. The molecule has 0 atom stereocenters. The molecule has 1 amide bonds. The third kappa shape index (κ3) is 2.32. The lowest BCUT2D eigenvalue weighted by atomic mass is 10.2. The van der Waals surface area contributed by atoms with Crippen LogP contribution in [0.25, 0.3) is 0 Å². The molecule has 0 fully saturated rings. The number of aliphatic hydroxyl groups excluding tert-OH is 1. The van der Waals surface area contributed by atoms with Crippen molar-refractivity contribution in [3.8, 4) is 0 Å². The van der Waals surface area contributed by atoms with E-state index in [1.807, 2.05) is 6.92 Å². The van der Waals surface area contributed by atoms with Gasteiger partial charge in [-0.15, -0.1) is 0 Å². The monoisotopic (exact) mass is 183 g/mol. The first kappa shape index (κ1) is 9.80. The minimum absolute atomic E-state index is 0.0650. The summed E-state index contributed by atoms with van der Waals surface area (Å²) < 4.78 is 5.18. The number of hydrogen-bond donors (Lipinski definition) is 2. The maximum atomic E-state index is 11.3. The van der Waals surface area contributed by atoms with Crippen molar-refractivity contribution in [3.05, 3.63) is 23.2 Å². The van der Waals surface area contributed by atoms with Gasteiger partial charge >= 0.3 is 0 Å². The van der Waals surface area contributed by atoms with E-state index in [4.69, 9.17) is 9.52 Å². The van der Waals surface area contributed by atoms with Crippen LogP contribution in [-0.2, 0) is 0 Å². The van der Waals surface area contributed by atoms with Crippen LogP contribution in [0.4, 0.5) is 0 Å². The molecule has 72 valence electrons. The van der Waals surface area contributed by atoms with Gasteiger partial charge in [0.1, 0.15) is 5.76 Å². The van der Waals surface area contributed by atoms with Crippen molar-refractivity contribution in [2.24, 2.45) is 0 Å². The molecule has 0 aliphatic carbocycles. The van der Waals surface area contributed by atoms with Gasteiger partial charge in [0.25, 0.3) is 5.91 Å². The molecule has 0 radical (unpaired) electrons. The van der Waals surface area contributed by atoms with Crippen molar-refractivity contribution >= 4 is 5.91 Å². The van der Waals surface area contributed by atoms with E-state index in [1.54, 1.807) is 13.0 Å². The van der Waals surface area contributed by atoms with E-state index in [9.17, 15) is 4.79 Å². The second-order valence-corrected chi connectivity index (χ2v) is 2.85. The zero-order valence-electron chi connectivity index (χ0n) is 7.76. The molecule has 2 N–H and O–H groups in total. The molecular weight excluding hydrogens is 170 g/mol. The van der Waals surface area contributed by atoms with Crippen LogP contribution in [0, 0.1) is 13.8 Å². The minimum Gasteiger partial charge on any atom is -0.456 e. The zero-order chi connectivity index (χ0) is 9.84. The van der Waals surface area contributed by atoms with Gasteiger partial charge in [-0.2, -0.15) is 0 Å². The van der Waals surface area contributed by atoms with Crippen LogP contribution < -0.4 is 5.32 Å². The maximum absolute atomic E-state index is 11.3. The largest absolute Gasteiger partial charge is 0.456 e. The first-order chi connectivity index (χ1) is 6.15. The van der Waals surface area contributed by atoms with Gasteiger partial charge in [-0.3, -0.25) is 4.79 Å². The number of carbonyl (C=O) groups is 1. The molecule has 0 unspecified atom stereocenters. The lowest BCUT2D eigenvalue weighted by Crippen LogP contribution is -2.26. The van der Waals surface area contributed by atoms with E-state index in [-0.39, 0.29) is 19.1 Å². The summed E-state index contributed by atoms with van der Waals surface area (Å²) in [5.74, 6) is 0.761. The highest BCUT2D eigenvalue weighted by Gasteiger charge is 2.12. The van der Waals surface area contributed by atoms with E-state index < -0.39 is 0 Å². The molecule has 1 aromatic rings. The third-order valence-corrected chi connectivity index (χ3v) is 1.64. The van der Waals surface area contributed by atoms with E-state index >= 15 is 0 Å². The van der Waals surface area contributed by atoms with Crippen molar-refractivity contribution in [2.75, 3.05) is 13.2 Å². The second-order valence-electron chi connectivity index (χ2n) is 2.85. The fourth-order valence-electron chi connectivity index (χ4n) is 1.12. The lowest BCUT2D eigenvalue weighted by molar-refractivity contribution is 0.0915. The van der Waals surface area contributed by atoms with Gasteiger partial charge in [0, 0.05) is 12.1 Å². The first-order valence-electron chi connectivity index (χ1n) is 4.11. The first-order valence-corrected chi connectivity index (χ1v) is 4.11. The second kappa shape index (κ2) is 4.09. The number of furan rings is 1. The number of rotatable bonds is 3. The van der Waals surface area contributed by atoms with Crippen molar-refractivity contribution < 1.29 is 14.3 Å². The molecule has 0 aliphatic heterocycles. The number of aryl methyl sites for hydroxylation is 2. The molecule has 1 rings (SSSR count). The van der Waals surface area contributed by atoms with Crippen LogP contribution in [0.5, 0.6) is 0 Å². The van der Waals surface area contributed by atoms with Crippen LogP contribution in [0.3, 0.4) is 0 Å². The molecule has 0 saturated carbocycles. The molecule has 1 aromatic heterocycles. The Labute approximate surface area is 76.6 Å². The normalized spacial score (nSPS) is 10.1. The molecule has 4 heteroatoms. The summed E-state index contributed by atoms with van der Waals surface area (Å²) >= 11 is 0. The summed E-state index contributed by atoms with van der Waals surface area (Å²) in [5.41, 5.74) is 0.813. The van der Waals surface area contributed by atoms with E-state index in [0.717, 1.165) is 5.56 Å². The maximum Gasteiger partial charge on any atom is 0.287 e. The molecule has 4 nitrogen and oxygen atoms in total. The molecule has 0 aliphatic rings. The van der Waals surface area contributed by atoms with Crippen molar-refractivity contribution in [1.29, 1.82) is 0 Å². The summed E-state index contributed by atoms with van der Waals surface area (Å²) in [6, 6.07) is 1.80. The topological polar surface area (TPSA) is 62.5 Å². The average molecular weight is 183 g/mol. The Morgan fingerprint density at radius 1 is 1.62 bits per heavy atom. The van der Waals surface area contributed by atoms with Crippen LogP contribution in [0.2, 0.25) is 0 Å². The van der Waals surface area contributed by atoms with Crippen molar-refractivity contribution in [2.45, 2.75) is 13.8 Å². The third-order valence-electron chi connectivity index (χ3n) is 1.64. The summed E-state index contributed by atoms with van der Waals surface area (Å²) in [7, 11) is 0. The Balaban J connectivity index is 2.70. The van der Waals surface area contributed by atoms with E-state index in [2.05, 4.69) is 5.32 Å². The predicted octanol–water partition coefficient (Wildman–Crippen LogP) is 0.619. The zero-order valence-corrected chi connectivity index (χ0v) is 7.76. The number of nitrogens with one attached hydrogen (secondary N) is 1. The smallest absolute Gasteiger partial charge is 0.287 e. The number of hydrogen-bond acceptors (Lipinski definition) is 3. The SMILES string of the molecule is Cc1cc(C)c(C(=O)NCCO)o1. The average Bonchev–Trinajstić information content (AvgIpc) is 2.41. The standard InChI is InChI=1S/C9H13NO3/c1-6-5-7(2)13-8(6)9(12)10-3-4-11/h5,11H,3-4H2,1-2H3,(H,10,12). The van der Waals surface area contributed by atoms with Gasteiger partial charge in [-0.1, -0.05) is 0 Å². The van der Waals surface area contributed by atoms with Gasteiger partial charge in [-0.05, 0) is 19.9 Å². The van der Waals surface area contributed by atoms with Crippen LogP contribution >= 0.6 is 0 Å². The fourth-order valence-corrected chi connectivity index (χ4v) is 1.12. The predicted molar refractivity (Wildman–Crippen MR) is 47.6 cm³/mol. The summed E-state index contributed by atoms with van der Waals surface area (Å²) in [5, 5.41) is 11.0. The van der Waals surface area contributed by atoms with Crippen molar-refractivity contribution in [3.63, 3.8) is 0 Å². The highest BCUT2D eigenvalue weighted by molar-refractivity contribution is 5.92. The molecule has 0 aromatic carbocycles. The summed E-state index contributed by atoms with van der Waals surface area (Å²) in [4.78, 5) is 11.3. The Hall–Kier alpha value is -1.29. The number of carbonyl (C=O) groups excluding carboxylic acids is 1. The van der Waals surface area contributed by atoms with Crippen LogP contribution in [0.15, 0.2) is 10.5 Å². The van der Waals surface area contributed by atoms with Crippen LogP contribution in [0.1, 0.15) is 21.9 Å². The quantitative estimate of drug-likeness (QED) is 0.722. The highest BCUT2D eigenvalue weighted by atomic mass is 16.3.